The first kappa shape index (κ1) is 23.6. The maximum absolute atomic E-state index is 13.4. The lowest BCUT2D eigenvalue weighted by molar-refractivity contribution is -0.119. The number of alkyl halides is 2. The number of benzene rings is 1. The number of halogens is 3. The molecule has 164 valence electrons. The van der Waals surface area contributed by atoms with Crippen LogP contribution < -0.4 is 16.2 Å². The van der Waals surface area contributed by atoms with Crippen molar-refractivity contribution in [1.82, 2.24) is 15.6 Å². The van der Waals surface area contributed by atoms with Crippen LogP contribution in [-0.2, 0) is 14.8 Å². The fourth-order valence-electron chi connectivity index (χ4n) is 2.14. The molecule has 1 amide bonds. The summed E-state index contributed by atoms with van der Waals surface area (Å²) in [5.41, 5.74) is 5.02. The van der Waals surface area contributed by atoms with Gasteiger partial charge in [-0.3, -0.25) is 4.79 Å². The van der Waals surface area contributed by atoms with E-state index >= 15 is 0 Å². The lowest BCUT2D eigenvalue weighted by Crippen LogP contribution is -2.39. The van der Waals surface area contributed by atoms with E-state index in [0.29, 0.717) is 0 Å². The topological polar surface area (TPSA) is 167 Å². The number of carbonyl (C=O) groups is 1. The number of sulfonamides is 1. The second-order valence-electron chi connectivity index (χ2n) is 6.01. The van der Waals surface area contributed by atoms with E-state index in [0.717, 1.165) is 30.0 Å². The molecule has 2 rings (SSSR count). The van der Waals surface area contributed by atoms with Crippen molar-refractivity contribution in [2.45, 2.75) is 24.4 Å². The van der Waals surface area contributed by atoms with E-state index in [9.17, 15) is 26.4 Å². The summed E-state index contributed by atoms with van der Waals surface area (Å²) < 4.78 is 65.4. The maximum atomic E-state index is 13.4. The van der Waals surface area contributed by atoms with E-state index in [1.165, 1.54) is 0 Å². The standard InChI is InChI=1S/C15H17F3N6O4S2/c1-7(21-11(25)6-30(20,26)27)5-29-15-12(23-28-24-15)14(19)22-8-2-3-10(16)9(4-8)13(17)18/h2-4,7,13H,5-6H2,1H3,(H2,19,22)(H,21,25)(H2,20,26,27)/t7-/m1/s1. The number of aromatic nitrogens is 2. The number of aliphatic imine (C=N–C) groups is 1. The van der Waals surface area contributed by atoms with Gasteiger partial charge in [0.2, 0.25) is 15.9 Å². The van der Waals surface area contributed by atoms with Gasteiger partial charge in [-0.1, -0.05) is 11.8 Å². The highest BCUT2D eigenvalue weighted by Crippen LogP contribution is 2.27. The first-order chi connectivity index (χ1) is 14.0. The molecule has 0 spiro atoms. The molecule has 0 saturated heterocycles. The van der Waals surface area contributed by atoms with Gasteiger partial charge in [0.25, 0.3) is 6.43 Å². The summed E-state index contributed by atoms with van der Waals surface area (Å²) in [6.45, 7) is 1.61. The quantitative estimate of drug-likeness (QED) is 0.280. The predicted octanol–water partition coefficient (Wildman–Crippen LogP) is 1.07. The lowest BCUT2D eigenvalue weighted by atomic mass is 10.2. The molecule has 0 aliphatic heterocycles. The highest BCUT2D eigenvalue weighted by Gasteiger charge is 2.19. The smallest absolute Gasteiger partial charge is 0.266 e. The Kier molecular flexibility index (Phi) is 7.80. The zero-order valence-electron chi connectivity index (χ0n) is 15.4. The fourth-order valence-corrected chi connectivity index (χ4v) is 3.44. The molecule has 1 aromatic heterocycles. The number of amides is 1. The Balaban J connectivity index is 2.07. The minimum absolute atomic E-state index is 0.0194. The summed E-state index contributed by atoms with van der Waals surface area (Å²) in [6.07, 6.45) is -3.02. The van der Waals surface area contributed by atoms with Crippen LogP contribution in [-0.4, -0.2) is 48.0 Å². The van der Waals surface area contributed by atoms with Crippen molar-refractivity contribution in [3.05, 3.63) is 35.3 Å². The summed E-state index contributed by atoms with van der Waals surface area (Å²) in [4.78, 5) is 15.5. The second-order valence-corrected chi connectivity index (χ2v) is 8.63. The van der Waals surface area contributed by atoms with E-state index in [4.69, 9.17) is 10.9 Å². The van der Waals surface area contributed by atoms with Crippen molar-refractivity contribution in [2.24, 2.45) is 15.9 Å². The van der Waals surface area contributed by atoms with Gasteiger partial charge in [0, 0.05) is 11.8 Å². The summed E-state index contributed by atoms with van der Waals surface area (Å²) in [5.74, 6) is -2.67. The summed E-state index contributed by atoms with van der Waals surface area (Å²) in [6, 6.07) is 2.39. The number of carbonyl (C=O) groups excluding carboxylic acids is 1. The highest BCUT2D eigenvalue weighted by atomic mass is 32.2. The average molecular weight is 466 g/mol. The van der Waals surface area contributed by atoms with E-state index < -0.39 is 45.5 Å². The summed E-state index contributed by atoms with van der Waals surface area (Å²) in [7, 11) is -3.94. The summed E-state index contributed by atoms with van der Waals surface area (Å²) >= 11 is 1.07. The SMILES string of the molecule is C[C@H](CSc1nonc1C(N)=Nc1ccc(F)c(C(F)F)c1)NC(=O)CS(N)(=O)=O. The van der Waals surface area contributed by atoms with Crippen molar-refractivity contribution in [2.75, 3.05) is 11.5 Å². The third-order valence-corrected chi connectivity index (χ3v) is 5.25. The van der Waals surface area contributed by atoms with Crippen molar-refractivity contribution in [3.63, 3.8) is 0 Å². The Morgan fingerprint density at radius 1 is 1.37 bits per heavy atom. The predicted molar refractivity (Wildman–Crippen MR) is 102 cm³/mol. The molecule has 0 unspecified atom stereocenters. The van der Waals surface area contributed by atoms with Gasteiger partial charge in [-0.25, -0.2) is 36.3 Å². The van der Waals surface area contributed by atoms with Crippen LogP contribution in [0.5, 0.6) is 0 Å². The molecule has 0 aliphatic rings. The molecule has 2 aromatic rings. The molecule has 1 atom stereocenters. The van der Waals surface area contributed by atoms with Crippen LogP contribution in [0.4, 0.5) is 18.9 Å². The average Bonchev–Trinajstić information content (AvgIpc) is 3.08. The Bertz CT molecular complexity index is 1040. The molecule has 30 heavy (non-hydrogen) atoms. The van der Waals surface area contributed by atoms with E-state index in [1.54, 1.807) is 6.92 Å². The molecule has 0 saturated carbocycles. The molecular formula is C15H17F3N6O4S2. The monoisotopic (exact) mass is 466 g/mol. The number of nitrogens with one attached hydrogen (secondary N) is 1. The van der Waals surface area contributed by atoms with E-state index in [-0.39, 0.29) is 28.0 Å². The number of thioether (sulfide) groups is 1. The molecule has 0 radical (unpaired) electrons. The zero-order chi connectivity index (χ0) is 22.5. The van der Waals surface area contributed by atoms with E-state index in [1.807, 2.05) is 0 Å². The van der Waals surface area contributed by atoms with Gasteiger partial charge in [0.15, 0.2) is 16.6 Å². The van der Waals surface area contributed by atoms with Gasteiger partial charge >= 0.3 is 0 Å². The van der Waals surface area contributed by atoms with Crippen molar-refractivity contribution in [3.8, 4) is 0 Å². The van der Waals surface area contributed by atoms with Crippen molar-refractivity contribution < 1.29 is 31.0 Å². The highest BCUT2D eigenvalue weighted by molar-refractivity contribution is 7.99. The minimum Gasteiger partial charge on any atom is -0.382 e. The van der Waals surface area contributed by atoms with Crippen LogP contribution in [0.2, 0.25) is 0 Å². The fraction of sp³-hybridized carbons (Fsp3) is 0.333. The van der Waals surface area contributed by atoms with Crippen LogP contribution in [0.1, 0.15) is 24.6 Å². The Labute approximate surface area is 173 Å². The molecule has 10 nitrogen and oxygen atoms in total. The first-order valence-electron chi connectivity index (χ1n) is 8.13. The van der Waals surface area contributed by atoms with Crippen LogP contribution in [0.3, 0.4) is 0 Å². The molecule has 0 fully saturated rings. The van der Waals surface area contributed by atoms with Gasteiger partial charge in [0.05, 0.1) is 11.3 Å². The normalized spacial score (nSPS) is 13.5. The van der Waals surface area contributed by atoms with Crippen LogP contribution >= 0.6 is 11.8 Å². The van der Waals surface area contributed by atoms with Gasteiger partial charge in [-0.2, -0.15) is 0 Å². The number of nitrogens with two attached hydrogens (primary N) is 2. The Hall–Kier alpha value is -2.65. The maximum Gasteiger partial charge on any atom is 0.266 e. The number of hydrogen-bond donors (Lipinski definition) is 3. The molecular weight excluding hydrogens is 449 g/mol. The van der Waals surface area contributed by atoms with Gasteiger partial charge in [0.1, 0.15) is 11.6 Å². The van der Waals surface area contributed by atoms with Crippen molar-refractivity contribution >= 4 is 39.2 Å². The zero-order valence-corrected chi connectivity index (χ0v) is 17.0. The second kappa shape index (κ2) is 9.90. The van der Waals surface area contributed by atoms with E-state index in [2.05, 4.69) is 25.3 Å². The minimum atomic E-state index is -3.94. The molecule has 0 bridgehead atoms. The third-order valence-electron chi connectivity index (χ3n) is 3.37. The van der Waals surface area contributed by atoms with Crippen LogP contribution in [0.15, 0.2) is 32.8 Å². The van der Waals surface area contributed by atoms with Gasteiger partial charge in [-0.05, 0) is 35.4 Å². The van der Waals surface area contributed by atoms with Gasteiger partial charge in [-0.15, -0.1) is 0 Å². The number of primary sulfonamides is 1. The lowest BCUT2D eigenvalue weighted by Gasteiger charge is -2.12. The third kappa shape index (κ3) is 7.00. The summed E-state index contributed by atoms with van der Waals surface area (Å²) in [5, 5.41) is 14.7. The number of amidine groups is 1. The molecule has 1 heterocycles. The number of hydrogen-bond acceptors (Lipinski definition) is 8. The van der Waals surface area contributed by atoms with Crippen LogP contribution in [0.25, 0.3) is 0 Å². The first-order valence-corrected chi connectivity index (χ1v) is 10.8. The van der Waals surface area contributed by atoms with Gasteiger partial charge < -0.3 is 11.1 Å². The van der Waals surface area contributed by atoms with Crippen molar-refractivity contribution in [1.29, 1.82) is 0 Å². The molecule has 1 aromatic carbocycles. The molecule has 0 aliphatic carbocycles. The largest absolute Gasteiger partial charge is 0.382 e. The number of rotatable bonds is 9. The van der Waals surface area contributed by atoms with Crippen LogP contribution in [0, 0.1) is 5.82 Å². The number of nitrogens with zero attached hydrogens (tertiary/aromatic N) is 3. The Morgan fingerprint density at radius 3 is 2.70 bits per heavy atom. The molecule has 5 N–H and O–H groups in total. The Morgan fingerprint density at radius 2 is 2.07 bits per heavy atom. The molecule has 15 heteroatoms.